The molecule has 0 bridgehead atoms. The van der Waals surface area contributed by atoms with Crippen molar-refractivity contribution in [3.63, 3.8) is 0 Å². The van der Waals surface area contributed by atoms with E-state index in [9.17, 15) is 58.2 Å². The molecule has 8 atom stereocenters. The Morgan fingerprint density at radius 1 is 0.605 bits per heavy atom. The van der Waals surface area contributed by atoms with Crippen LogP contribution < -0.4 is 42.5 Å². The van der Waals surface area contributed by atoms with Gasteiger partial charge in [-0.1, -0.05) is 93.9 Å². The first-order valence-corrected chi connectivity index (χ1v) is 29.7. The van der Waals surface area contributed by atoms with Crippen molar-refractivity contribution >= 4 is 58.9 Å². The molecule has 0 aliphatic carbocycles. The summed E-state index contributed by atoms with van der Waals surface area (Å²) < 4.78 is 0. The number of Topliss-reactive ketones (excluding diaryl/α,β-unsaturated/α-hetero) is 1. The van der Waals surface area contributed by atoms with Crippen molar-refractivity contribution in [2.75, 3.05) is 33.3 Å². The maximum Gasteiger partial charge on any atom is 0.246 e. The van der Waals surface area contributed by atoms with Crippen LogP contribution in [0.15, 0.2) is 0 Å². The summed E-state index contributed by atoms with van der Waals surface area (Å²) in [6.07, 6.45) is 7.59. The zero-order valence-electron chi connectivity index (χ0n) is 52.7. The van der Waals surface area contributed by atoms with E-state index in [0.29, 0.717) is 38.9 Å². The van der Waals surface area contributed by atoms with E-state index in [1.165, 1.54) is 61.8 Å². The number of amides is 9. The summed E-state index contributed by atoms with van der Waals surface area (Å²) in [6, 6.07) is -4.78. The lowest BCUT2D eigenvalue weighted by Gasteiger charge is -2.35. The fourth-order valence-electron chi connectivity index (χ4n) is 9.60. The van der Waals surface area contributed by atoms with E-state index >= 15 is 0 Å². The van der Waals surface area contributed by atoms with Crippen molar-refractivity contribution in [2.24, 2.45) is 23.7 Å². The Morgan fingerprint density at radius 3 is 1.62 bits per heavy atom. The maximum absolute atomic E-state index is 14.3. The number of nitrogens with one attached hydrogen (secondary N) is 8. The molecule has 10 N–H and O–H groups in total. The summed E-state index contributed by atoms with van der Waals surface area (Å²) in [5.41, 5.74) is -6.37. The standard InChI is InChI=1S/C59H108N10O12/c1-19-21-22-23-24-25-27-39(8)51(77)69-29-26-28-44(69)48(74)61-43(33-38(7)32-42(72)34-41(71)20-2)47(73)64-58(14,15)54(80)67-57(12,13)53(79)63-45(36(3)4)49(75)62-46(37(5)6)50(76)65-59(16,17)55(81)66-56(10,11)52(78)60-40(9)35-68(18)30-31-70/h36-40,42-46,70,72H,19-35H2,1-18H3,(H,60,78)(H,61,74)(H,62,75)(H,63,79)(H,64,73)(H,65,76)(H,66,81)(H,67,80)/t38-,39-,40+,42+,43+,44+,45+,46+/m1/s1. The number of unbranched alkanes of at least 4 members (excludes halogenated alkanes) is 5. The quantitative estimate of drug-likeness (QED) is 0.0400. The van der Waals surface area contributed by atoms with Crippen LogP contribution in [0.5, 0.6) is 0 Å². The van der Waals surface area contributed by atoms with Gasteiger partial charge < -0.3 is 62.5 Å². The van der Waals surface area contributed by atoms with Gasteiger partial charge in [-0.2, -0.15) is 0 Å². The monoisotopic (exact) mass is 1150 g/mol. The van der Waals surface area contributed by atoms with E-state index in [1.807, 2.05) is 11.8 Å². The van der Waals surface area contributed by atoms with Gasteiger partial charge in [-0.05, 0) is 119 Å². The number of ketones is 1. The van der Waals surface area contributed by atoms with Gasteiger partial charge in [-0.25, -0.2) is 0 Å². The van der Waals surface area contributed by atoms with E-state index in [-0.39, 0.29) is 61.9 Å². The van der Waals surface area contributed by atoms with Crippen molar-refractivity contribution in [3.05, 3.63) is 0 Å². The molecule has 1 heterocycles. The Labute approximate surface area is 484 Å². The number of nitrogens with zero attached hydrogens (tertiary/aromatic N) is 2. The van der Waals surface area contributed by atoms with Crippen LogP contribution in [-0.2, 0) is 47.9 Å². The van der Waals surface area contributed by atoms with Crippen LogP contribution in [0.4, 0.5) is 0 Å². The van der Waals surface area contributed by atoms with Gasteiger partial charge in [0, 0.05) is 44.4 Å². The van der Waals surface area contributed by atoms with E-state index < -0.39 is 112 Å². The molecule has 0 aromatic carbocycles. The summed E-state index contributed by atoms with van der Waals surface area (Å²) in [7, 11) is 1.80. The molecule has 0 saturated carbocycles. The van der Waals surface area contributed by atoms with E-state index in [0.717, 1.165) is 32.1 Å². The van der Waals surface area contributed by atoms with Crippen LogP contribution in [0, 0.1) is 23.7 Å². The van der Waals surface area contributed by atoms with Gasteiger partial charge in [0.1, 0.15) is 52.1 Å². The van der Waals surface area contributed by atoms with E-state index in [1.54, 1.807) is 60.4 Å². The van der Waals surface area contributed by atoms with Crippen LogP contribution in [0.1, 0.15) is 201 Å². The minimum atomic E-state index is -1.70. The van der Waals surface area contributed by atoms with Crippen LogP contribution in [-0.4, -0.2) is 171 Å². The number of likely N-dealkylation sites (tertiary alicyclic amines) is 1. The SMILES string of the molecule is CCCCCCCC[C@@H](C)C(=O)N1CCC[C@H]1C(=O)N[C@@H](C[C@H](C)C[C@H](O)CC(=O)CC)C(=O)NC(C)(C)C(=O)NC(C)(C)C(=O)N[C@H](C(=O)N[C@H](C(=O)NC(C)(C)C(=O)NC(C)(C)C(=O)N[C@@H](C)CN(C)CCO)C(C)C)C(C)C. The lowest BCUT2D eigenvalue weighted by Crippen LogP contribution is -2.67. The molecule has 1 aliphatic rings. The first-order valence-electron chi connectivity index (χ1n) is 29.7. The molecule has 0 unspecified atom stereocenters. The third-order valence-electron chi connectivity index (χ3n) is 15.0. The molecule has 9 amide bonds. The summed E-state index contributed by atoms with van der Waals surface area (Å²) >= 11 is 0. The van der Waals surface area contributed by atoms with Crippen molar-refractivity contribution < 1.29 is 58.2 Å². The molecule has 1 fully saturated rings. The van der Waals surface area contributed by atoms with E-state index in [4.69, 9.17) is 0 Å². The van der Waals surface area contributed by atoms with Crippen LogP contribution >= 0.6 is 0 Å². The molecule has 466 valence electrons. The second kappa shape index (κ2) is 33.8. The summed E-state index contributed by atoms with van der Waals surface area (Å²) in [6.45, 7) is 28.9. The Bertz CT molecular complexity index is 2110. The zero-order chi connectivity index (χ0) is 62.4. The number of carbonyl (C=O) groups excluding carboxylic acids is 10. The molecular weight excluding hydrogens is 1040 g/mol. The maximum atomic E-state index is 14.3. The number of rotatable bonds is 37. The smallest absolute Gasteiger partial charge is 0.246 e. The lowest BCUT2D eigenvalue weighted by atomic mass is 9.92. The van der Waals surface area contributed by atoms with Crippen LogP contribution in [0.3, 0.4) is 0 Å². The Hall–Kier alpha value is -5.22. The highest BCUT2D eigenvalue weighted by Gasteiger charge is 2.43. The molecule has 1 saturated heterocycles. The van der Waals surface area contributed by atoms with Gasteiger partial charge in [0.15, 0.2) is 0 Å². The molecule has 0 aromatic heterocycles. The van der Waals surface area contributed by atoms with Gasteiger partial charge in [-0.3, -0.25) is 47.9 Å². The first-order chi connectivity index (χ1) is 37.4. The molecule has 0 radical (unpaired) electrons. The Morgan fingerprint density at radius 2 is 1.10 bits per heavy atom. The van der Waals surface area contributed by atoms with Gasteiger partial charge in [-0.15, -0.1) is 0 Å². The normalized spacial score (nSPS) is 16.8. The Balaban J connectivity index is 3.24. The van der Waals surface area contributed by atoms with Gasteiger partial charge in [0.05, 0.1) is 12.7 Å². The minimum absolute atomic E-state index is 0.0191. The third kappa shape index (κ3) is 25.0. The van der Waals surface area contributed by atoms with Crippen LogP contribution in [0.2, 0.25) is 0 Å². The third-order valence-corrected chi connectivity index (χ3v) is 15.0. The summed E-state index contributed by atoms with van der Waals surface area (Å²) in [5.74, 6) is -7.35. The van der Waals surface area contributed by atoms with Gasteiger partial charge in [0.2, 0.25) is 53.2 Å². The van der Waals surface area contributed by atoms with Crippen molar-refractivity contribution in [3.8, 4) is 0 Å². The fourth-order valence-corrected chi connectivity index (χ4v) is 9.60. The Kier molecular flexibility index (Phi) is 30.8. The largest absolute Gasteiger partial charge is 0.395 e. The molecule has 1 rings (SSSR count). The summed E-state index contributed by atoms with van der Waals surface area (Å²) in [5, 5.41) is 41.9. The van der Waals surface area contributed by atoms with E-state index in [2.05, 4.69) is 49.5 Å². The number of aliphatic hydroxyl groups excluding tert-OH is 2. The molecule has 22 nitrogen and oxygen atoms in total. The number of hydrogen-bond donors (Lipinski definition) is 10. The summed E-state index contributed by atoms with van der Waals surface area (Å²) in [4.78, 5) is 141. The van der Waals surface area contributed by atoms with Gasteiger partial charge in [0.25, 0.3) is 0 Å². The van der Waals surface area contributed by atoms with Gasteiger partial charge >= 0.3 is 0 Å². The molecule has 0 spiro atoms. The highest BCUT2D eigenvalue weighted by molar-refractivity contribution is 6.01. The number of carbonyl (C=O) groups is 10. The average molecular weight is 1150 g/mol. The number of hydrogen-bond acceptors (Lipinski definition) is 13. The molecule has 0 aromatic rings. The predicted octanol–water partition coefficient (Wildman–Crippen LogP) is 3.28. The molecule has 81 heavy (non-hydrogen) atoms. The van der Waals surface area contributed by atoms with Crippen molar-refractivity contribution in [1.29, 1.82) is 0 Å². The lowest BCUT2D eigenvalue weighted by molar-refractivity contribution is -0.142. The number of likely N-dealkylation sites (N-methyl/N-ethyl adjacent to an activating group) is 1. The van der Waals surface area contributed by atoms with Crippen molar-refractivity contribution in [1.82, 2.24) is 52.3 Å². The zero-order valence-corrected chi connectivity index (χ0v) is 52.7. The van der Waals surface area contributed by atoms with Crippen LogP contribution in [0.25, 0.3) is 0 Å². The molecule has 22 heteroatoms. The number of aliphatic hydroxyl groups is 2. The second-order valence-electron chi connectivity index (χ2n) is 25.7. The molecular formula is C59H108N10O12. The highest BCUT2D eigenvalue weighted by Crippen LogP contribution is 2.25. The predicted molar refractivity (Wildman–Crippen MR) is 313 cm³/mol. The fraction of sp³-hybridized carbons (Fsp3) is 0.831. The molecule has 1 aliphatic heterocycles. The second-order valence-corrected chi connectivity index (χ2v) is 25.7. The first kappa shape index (κ1) is 73.8. The average Bonchev–Trinajstić information content (AvgIpc) is 3.84. The van der Waals surface area contributed by atoms with Crippen molar-refractivity contribution in [2.45, 2.75) is 260 Å². The highest BCUT2D eigenvalue weighted by atomic mass is 16.3. The minimum Gasteiger partial charge on any atom is -0.395 e. The topological polar surface area (TPSA) is 314 Å².